The lowest BCUT2D eigenvalue weighted by molar-refractivity contribution is 0.585. The molecule has 2 nitrogen and oxygen atoms in total. The SMILES string of the molecule is CCCc1cnc(-c2ccc(F)cc2F)nc1. The minimum absolute atomic E-state index is 0.217. The van der Waals surface area contributed by atoms with Crippen LogP contribution in [0.5, 0.6) is 0 Å². The number of aromatic nitrogens is 2. The molecule has 0 fully saturated rings. The standard InChI is InChI=1S/C13H12F2N2/c1-2-3-9-7-16-13(17-8-9)11-5-4-10(14)6-12(11)15/h4-8H,2-3H2,1H3. The van der Waals surface area contributed by atoms with Crippen LogP contribution >= 0.6 is 0 Å². The summed E-state index contributed by atoms with van der Waals surface area (Å²) in [5, 5.41) is 0. The van der Waals surface area contributed by atoms with Gasteiger partial charge in [0.25, 0.3) is 0 Å². The van der Waals surface area contributed by atoms with Crippen LogP contribution < -0.4 is 0 Å². The molecule has 0 saturated carbocycles. The second-order valence-corrected chi connectivity index (χ2v) is 3.79. The Hall–Kier alpha value is -1.84. The van der Waals surface area contributed by atoms with Crippen LogP contribution in [0.25, 0.3) is 11.4 Å². The normalized spacial score (nSPS) is 10.5. The molecule has 0 aliphatic rings. The first kappa shape index (κ1) is 11.6. The molecule has 17 heavy (non-hydrogen) atoms. The molecule has 0 radical (unpaired) electrons. The minimum Gasteiger partial charge on any atom is -0.236 e. The number of hydrogen-bond acceptors (Lipinski definition) is 2. The fourth-order valence-corrected chi connectivity index (χ4v) is 1.58. The predicted octanol–water partition coefficient (Wildman–Crippen LogP) is 3.37. The highest BCUT2D eigenvalue weighted by molar-refractivity contribution is 5.55. The summed E-state index contributed by atoms with van der Waals surface area (Å²) in [6.07, 6.45) is 5.25. The highest BCUT2D eigenvalue weighted by Gasteiger charge is 2.08. The zero-order chi connectivity index (χ0) is 12.3. The van der Waals surface area contributed by atoms with Crippen molar-refractivity contribution in [3.05, 3.63) is 47.8 Å². The van der Waals surface area contributed by atoms with Crippen LogP contribution in [-0.4, -0.2) is 9.97 Å². The summed E-state index contributed by atoms with van der Waals surface area (Å²) in [7, 11) is 0. The molecule has 0 aliphatic carbocycles. The van der Waals surface area contributed by atoms with E-state index < -0.39 is 11.6 Å². The maximum atomic E-state index is 13.5. The van der Waals surface area contributed by atoms with Crippen molar-refractivity contribution in [3.63, 3.8) is 0 Å². The maximum absolute atomic E-state index is 13.5. The highest BCUT2D eigenvalue weighted by Crippen LogP contribution is 2.19. The summed E-state index contributed by atoms with van der Waals surface area (Å²) in [6, 6.07) is 3.37. The molecule has 1 aromatic carbocycles. The highest BCUT2D eigenvalue weighted by atomic mass is 19.1. The maximum Gasteiger partial charge on any atom is 0.162 e. The van der Waals surface area contributed by atoms with Crippen molar-refractivity contribution in [3.8, 4) is 11.4 Å². The third-order valence-corrected chi connectivity index (χ3v) is 2.42. The molecule has 0 atom stereocenters. The van der Waals surface area contributed by atoms with Gasteiger partial charge in [-0.15, -0.1) is 0 Å². The third kappa shape index (κ3) is 2.64. The van der Waals surface area contributed by atoms with Gasteiger partial charge < -0.3 is 0 Å². The van der Waals surface area contributed by atoms with E-state index in [9.17, 15) is 8.78 Å². The fourth-order valence-electron chi connectivity index (χ4n) is 1.58. The van der Waals surface area contributed by atoms with E-state index in [1.54, 1.807) is 12.4 Å². The van der Waals surface area contributed by atoms with E-state index in [2.05, 4.69) is 16.9 Å². The summed E-state index contributed by atoms with van der Waals surface area (Å²) in [5.74, 6) is -0.968. The van der Waals surface area contributed by atoms with Gasteiger partial charge in [-0.25, -0.2) is 18.7 Å². The van der Waals surface area contributed by atoms with Crippen LogP contribution in [0.3, 0.4) is 0 Å². The van der Waals surface area contributed by atoms with E-state index in [-0.39, 0.29) is 11.4 Å². The summed E-state index contributed by atoms with van der Waals surface area (Å²) in [6.45, 7) is 2.06. The first-order valence-electron chi connectivity index (χ1n) is 5.47. The Morgan fingerprint density at radius 3 is 2.41 bits per heavy atom. The van der Waals surface area contributed by atoms with Crippen LogP contribution in [0, 0.1) is 11.6 Å². The molecule has 2 rings (SSSR count). The Morgan fingerprint density at radius 1 is 1.12 bits per heavy atom. The van der Waals surface area contributed by atoms with Crippen LogP contribution in [0.4, 0.5) is 8.78 Å². The number of rotatable bonds is 3. The average molecular weight is 234 g/mol. The van der Waals surface area contributed by atoms with Crippen molar-refractivity contribution >= 4 is 0 Å². The van der Waals surface area contributed by atoms with Gasteiger partial charge in [0.1, 0.15) is 11.6 Å². The molecule has 2 aromatic rings. The molecule has 0 N–H and O–H groups in total. The van der Waals surface area contributed by atoms with Crippen LogP contribution in [0.2, 0.25) is 0 Å². The topological polar surface area (TPSA) is 25.8 Å². The molecule has 0 amide bonds. The summed E-state index contributed by atoms with van der Waals surface area (Å²) in [4.78, 5) is 8.17. The lowest BCUT2D eigenvalue weighted by atomic mass is 10.1. The molecular formula is C13H12F2N2. The van der Waals surface area contributed by atoms with Crippen molar-refractivity contribution in [1.82, 2.24) is 9.97 Å². The largest absolute Gasteiger partial charge is 0.236 e. The second-order valence-electron chi connectivity index (χ2n) is 3.79. The van der Waals surface area contributed by atoms with E-state index in [0.29, 0.717) is 0 Å². The van der Waals surface area contributed by atoms with Gasteiger partial charge in [-0.05, 0) is 24.1 Å². The quantitative estimate of drug-likeness (QED) is 0.813. The number of halogens is 2. The smallest absolute Gasteiger partial charge is 0.162 e. The van der Waals surface area contributed by atoms with Crippen molar-refractivity contribution in [2.45, 2.75) is 19.8 Å². The van der Waals surface area contributed by atoms with E-state index in [1.807, 2.05) is 0 Å². The van der Waals surface area contributed by atoms with Gasteiger partial charge in [0, 0.05) is 18.5 Å². The van der Waals surface area contributed by atoms with Gasteiger partial charge in [-0.1, -0.05) is 13.3 Å². The molecule has 0 spiro atoms. The molecule has 1 heterocycles. The third-order valence-electron chi connectivity index (χ3n) is 2.42. The first-order chi connectivity index (χ1) is 8.20. The number of hydrogen-bond donors (Lipinski definition) is 0. The minimum atomic E-state index is -0.645. The Balaban J connectivity index is 2.33. The van der Waals surface area contributed by atoms with Gasteiger partial charge in [0.15, 0.2) is 5.82 Å². The molecule has 0 unspecified atom stereocenters. The molecule has 0 saturated heterocycles. The van der Waals surface area contributed by atoms with E-state index in [4.69, 9.17) is 0 Å². The molecule has 1 aromatic heterocycles. The predicted molar refractivity (Wildman–Crippen MR) is 61.4 cm³/mol. The molecule has 4 heteroatoms. The lowest BCUT2D eigenvalue weighted by Crippen LogP contribution is -1.95. The van der Waals surface area contributed by atoms with Crippen LogP contribution in [-0.2, 0) is 6.42 Å². The monoisotopic (exact) mass is 234 g/mol. The van der Waals surface area contributed by atoms with Gasteiger partial charge in [0.2, 0.25) is 0 Å². The summed E-state index contributed by atoms with van der Waals surface area (Å²) in [5.41, 5.74) is 1.23. The summed E-state index contributed by atoms with van der Waals surface area (Å²) >= 11 is 0. The van der Waals surface area contributed by atoms with Crippen molar-refractivity contribution in [2.24, 2.45) is 0 Å². The van der Waals surface area contributed by atoms with Crippen LogP contribution in [0.1, 0.15) is 18.9 Å². The molecule has 0 aliphatic heterocycles. The fraction of sp³-hybridized carbons (Fsp3) is 0.231. The second kappa shape index (κ2) is 4.99. The Kier molecular flexibility index (Phi) is 3.42. The molecule has 88 valence electrons. The van der Waals surface area contributed by atoms with E-state index >= 15 is 0 Å². The van der Waals surface area contributed by atoms with E-state index in [0.717, 1.165) is 24.5 Å². The Bertz CT molecular complexity index is 509. The van der Waals surface area contributed by atoms with Gasteiger partial charge >= 0.3 is 0 Å². The Morgan fingerprint density at radius 2 is 1.82 bits per heavy atom. The van der Waals surface area contributed by atoms with Crippen LogP contribution in [0.15, 0.2) is 30.6 Å². The summed E-state index contributed by atoms with van der Waals surface area (Å²) < 4.78 is 26.2. The number of benzene rings is 1. The van der Waals surface area contributed by atoms with Crippen molar-refractivity contribution < 1.29 is 8.78 Å². The van der Waals surface area contributed by atoms with Gasteiger partial charge in [-0.2, -0.15) is 0 Å². The van der Waals surface area contributed by atoms with Gasteiger partial charge in [-0.3, -0.25) is 0 Å². The zero-order valence-electron chi connectivity index (χ0n) is 9.45. The average Bonchev–Trinajstić information content (AvgIpc) is 2.31. The lowest BCUT2D eigenvalue weighted by Gasteiger charge is -2.03. The Labute approximate surface area is 98.4 Å². The number of nitrogens with zero attached hydrogens (tertiary/aromatic N) is 2. The first-order valence-corrected chi connectivity index (χ1v) is 5.47. The van der Waals surface area contributed by atoms with Crippen molar-refractivity contribution in [2.75, 3.05) is 0 Å². The molecule has 0 bridgehead atoms. The molecular weight excluding hydrogens is 222 g/mol. The van der Waals surface area contributed by atoms with Gasteiger partial charge in [0.05, 0.1) is 5.56 Å². The number of aryl methyl sites for hydroxylation is 1. The van der Waals surface area contributed by atoms with Crippen molar-refractivity contribution in [1.29, 1.82) is 0 Å². The van der Waals surface area contributed by atoms with E-state index in [1.165, 1.54) is 12.1 Å². The zero-order valence-corrected chi connectivity index (χ0v) is 9.45.